The Labute approximate surface area is 120 Å². The molecule has 0 aliphatic carbocycles. The molecule has 1 heterocycles. The number of aryl methyl sites for hydroxylation is 1. The Kier molecular flexibility index (Phi) is 4.11. The molecule has 1 atom stereocenters. The predicted molar refractivity (Wildman–Crippen MR) is 76.5 cm³/mol. The highest BCUT2D eigenvalue weighted by molar-refractivity contribution is 9.10. The van der Waals surface area contributed by atoms with E-state index >= 15 is 0 Å². The fourth-order valence-corrected chi connectivity index (χ4v) is 2.53. The number of ether oxygens (including phenoxy) is 2. The summed E-state index contributed by atoms with van der Waals surface area (Å²) in [4.78, 5) is 0. The van der Waals surface area contributed by atoms with Gasteiger partial charge in [-0.1, -0.05) is 0 Å². The van der Waals surface area contributed by atoms with Gasteiger partial charge in [-0.3, -0.25) is 4.68 Å². The van der Waals surface area contributed by atoms with Crippen molar-refractivity contribution < 1.29 is 9.47 Å². The molecule has 0 fully saturated rings. The van der Waals surface area contributed by atoms with Crippen molar-refractivity contribution >= 4 is 15.9 Å². The molecule has 0 saturated carbocycles. The van der Waals surface area contributed by atoms with Gasteiger partial charge in [0, 0.05) is 13.1 Å². The quantitative estimate of drug-likeness (QED) is 0.936. The van der Waals surface area contributed by atoms with Gasteiger partial charge in [-0.05, 0) is 33.6 Å². The first-order valence-corrected chi connectivity index (χ1v) is 6.52. The highest BCUT2D eigenvalue weighted by Gasteiger charge is 2.18. The largest absolute Gasteiger partial charge is 0.497 e. The number of hydrogen-bond acceptors (Lipinski definition) is 4. The van der Waals surface area contributed by atoms with Crippen molar-refractivity contribution in [1.29, 1.82) is 0 Å². The smallest absolute Gasteiger partial charge is 0.122 e. The van der Waals surface area contributed by atoms with E-state index in [1.165, 1.54) is 0 Å². The molecule has 2 N–H and O–H groups in total. The molecule has 102 valence electrons. The highest BCUT2D eigenvalue weighted by Crippen LogP contribution is 2.31. The molecule has 0 amide bonds. The van der Waals surface area contributed by atoms with Gasteiger partial charge >= 0.3 is 0 Å². The van der Waals surface area contributed by atoms with Gasteiger partial charge < -0.3 is 15.2 Å². The fraction of sp³-hybridized carbons (Fsp3) is 0.308. The summed E-state index contributed by atoms with van der Waals surface area (Å²) in [6.45, 7) is 0. The third-order valence-corrected chi connectivity index (χ3v) is 3.58. The van der Waals surface area contributed by atoms with Crippen molar-refractivity contribution in [3.05, 3.63) is 40.1 Å². The first kappa shape index (κ1) is 13.9. The van der Waals surface area contributed by atoms with Gasteiger partial charge in [-0.25, -0.2) is 0 Å². The zero-order valence-corrected chi connectivity index (χ0v) is 12.6. The summed E-state index contributed by atoms with van der Waals surface area (Å²) in [5.74, 6) is 1.42. The molecule has 1 unspecified atom stereocenters. The molecule has 6 heteroatoms. The summed E-state index contributed by atoms with van der Waals surface area (Å²) >= 11 is 3.46. The van der Waals surface area contributed by atoms with Crippen LogP contribution in [0.2, 0.25) is 0 Å². The molecule has 2 rings (SSSR count). The first-order valence-electron chi connectivity index (χ1n) is 5.72. The maximum absolute atomic E-state index is 6.31. The second-order valence-corrected chi connectivity index (χ2v) is 4.98. The van der Waals surface area contributed by atoms with Gasteiger partial charge in [0.05, 0.1) is 36.6 Å². The molecular formula is C13H16BrN3O2. The van der Waals surface area contributed by atoms with E-state index < -0.39 is 0 Å². The molecular weight excluding hydrogens is 310 g/mol. The second kappa shape index (κ2) is 5.63. The summed E-state index contributed by atoms with van der Waals surface area (Å²) in [6, 6.07) is 5.29. The monoisotopic (exact) mass is 325 g/mol. The maximum atomic E-state index is 6.31. The Morgan fingerprint density at radius 3 is 2.21 bits per heavy atom. The van der Waals surface area contributed by atoms with Crippen LogP contribution >= 0.6 is 15.9 Å². The fourth-order valence-electron chi connectivity index (χ4n) is 1.94. The third-order valence-electron chi connectivity index (χ3n) is 2.97. The Hall–Kier alpha value is -1.53. The van der Waals surface area contributed by atoms with E-state index in [0.717, 1.165) is 15.7 Å². The number of nitrogens with zero attached hydrogens (tertiary/aromatic N) is 2. The van der Waals surface area contributed by atoms with Crippen LogP contribution in [-0.2, 0) is 7.05 Å². The molecule has 0 spiro atoms. The van der Waals surface area contributed by atoms with E-state index in [4.69, 9.17) is 15.2 Å². The molecule has 5 nitrogen and oxygen atoms in total. The highest BCUT2D eigenvalue weighted by atomic mass is 79.9. The Bertz CT molecular complexity index is 542. The van der Waals surface area contributed by atoms with Crippen LogP contribution in [-0.4, -0.2) is 24.0 Å². The molecule has 0 radical (unpaired) electrons. The minimum absolute atomic E-state index is 0.314. The van der Waals surface area contributed by atoms with E-state index in [-0.39, 0.29) is 6.04 Å². The summed E-state index contributed by atoms with van der Waals surface area (Å²) in [5, 5.41) is 4.18. The molecule has 19 heavy (non-hydrogen) atoms. The second-order valence-electron chi connectivity index (χ2n) is 4.13. The number of rotatable bonds is 4. The number of hydrogen-bond donors (Lipinski definition) is 1. The lowest BCUT2D eigenvalue weighted by Crippen LogP contribution is -2.16. The maximum Gasteiger partial charge on any atom is 0.122 e. The van der Waals surface area contributed by atoms with Gasteiger partial charge in [0.2, 0.25) is 0 Å². The molecule has 2 aromatic rings. The van der Waals surface area contributed by atoms with E-state index in [1.54, 1.807) is 25.1 Å². The summed E-state index contributed by atoms with van der Waals surface area (Å²) < 4.78 is 13.1. The number of nitrogens with two attached hydrogens (primary N) is 1. The van der Waals surface area contributed by atoms with Crippen molar-refractivity contribution in [3.8, 4) is 11.5 Å². The van der Waals surface area contributed by atoms with E-state index in [0.29, 0.717) is 11.5 Å². The van der Waals surface area contributed by atoms with Crippen molar-refractivity contribution in [2.75, 3.05) is 14.2 Å². The van der Waals surface area contributed by atoms with Crippen LogP contribution in [0.4, 0.5) is 0 Å². The first-order chi connectivity index (χ1) is 9.06. The van der Waals surface area contributed by atoms with Gasteiger partial charge in [0.1, 0.15) is 11.5 Å². The van der Waals surface area contributed by atoms with E-state index in [9.17, 15) is 0 Å². The van der Waals surface area contributed by atoms with Crippen LogP contribution in [0.25, 0.3) is 0 Å². The molecule has 0 saturated heterocycles. The van der Waals surface area contributed by atoms with Gasteiger partial charge in [-0.2, -0.15) is 5.10 Å². The van der Waals surface area contributed by atoms with Gasteiger partial charge in [0.15, 0.2) is 0 Å². The minimum Gasteiger partial charge on any atom is -0.497 e. The van der Waals surface area contributed by atoms with Crippen molar-refractivity contribution in [2.45, 2.75) is 6.04 Å². The Morgan fingerprint density at radius 2 is 1.79 bits per heavy atom. The minimum atomic E-state index is -0.314. The number of halogens is 1. The molecule has 0 aliphatic rings. The lowest BCUT2D eigenvalue weighted by Gasteiger charge is -2.15. The number of aromatic nitrogens is 2. The topological polar surface area (TPSA) is 62.3 Å². The average molecular weight is 326 g/mol. The molecule has 0 bridgehead atoms. The number of benzene rings is 1. The average Bonchev–Trinajstić information content (AvgIpc) is 2.76. The Balaban J connectivity index is 2.46. The van der Waals surface area contributed by atoms with Crippen LogP contribution in [0, 0.1) is 0 Å². The van der Waals surface area contributed by atoms with Crippen LogP contribution in [0.3, 0.4) is 0 Å². The van der Waals surface area contributed by atoms with Crippen molar-refractivity contribution in [2.24, 2.45) is 12.8 Å². The zero-order chi connectivity index (χ0) is 14.0. The lowest BCUT2D eigenvalue weighted by molar-refractivity contribution is 0.393. The van der Waals surface area contributed by atoms with Crippen molar-refractivity contribution in [1.82, 2.24) is 9.78 Å². The third kappa shape index (κ3) is 2.74. The van der Waals surface area contributed by atoms with Crippen LogP contribution in [0.15, 0.2) is 28.9 Å². The van der Waals surface area contributed by atoms with Gasteiger partial charge in [-0.15, -0.1) is 0 Å². The normalized spacial score (nSPS) is 12.3. The molecule has 1 aromatic carbocycles. The van der Waals surface area contributed by atoms with E-state index in [1.807, 2.05) is 25.2 Å². The summed E-state index contributed by atoms with van der Waals surface area (Å²) in [5.41, 5.74) is 8.11. The standard InChI is InChI=1S/C13H16BrN3O2/c1-17-13(11(14)7-16-17)12(15)8-4-9(18-2)6-10(5-8)19-3/h4-7,12H,15H2,1-3H3. The van der Waals surface area contributed by atoms with Crippen molar-refractivity contribution in [3.63, 3.8) is 0 Å². The number of methoxy groups -OCH3 is 2. The van der Waals surface area contributed by atoms with Gasteiger partial charge in [0.25, 0.3) is 0 Å². The summed E-state index contributed by atoms with van der Waals surface area (Å²) in [6.07, 6.45) is 1.73. The van der Waals surface area contributed by atoms with Crippen LogP contribution in [0.5, 0.6) is 11.5 Å². The van der Waals surface area contributed by atoms with Crippen LogP contribution < -0.4 is 15.2 Å². The molecule has 1 aromatic heterocycles. The van der Waals surface area contributed by atoms with E-state index in [2.05, 4.69) is 21.0 Å². The predicted octanol–water partition coefficient (Wildman–Crippen LogP) is 2.25. The molecule has 0 aliphatic heterocycles. The Morgan fingerprint density at radius 1 is 1.21 bits per heavy atom. The SMILES string of the molecule is COc1cc(OC)cc(C(N)c2c(Br)cnn2C)c1. The zero-order valence-electron chi connectivity index (χ0n) is 11.1. The van der Waals surface area contributed by atoms with Crippen LogP contribution in [0.1, 0.15) is 17.3 Å². The summed E-state index contributed by atoms with van der Waals surface area (Å²) in [7, 11) is 5.09. The lowest BCUT2D eigenvalue weighted by atomic mass is 10.0.